The van der Waals surface area contributed by atoms with E-state index in [4.69, 9.17) is 19.2 Å². The minimum atomic E-state index is -0.376. The van der Waals surface area contributed by atoms with Crippen LogP contribution in [-0.2, 0) is 26.4 Å². The number of nitrogens with zero attached hydrogens (tertiary/aromatic N) is 1. The minimum absolute atomic E-state index is 0.376. The van der Waals surface area contributed by atoms with Crippen molar-refractivity contribution in [3.63, 3.8) is 0 Å². The normalized spacial score (nSPS) is 14.4. The Labute approximate surface area is 182 Å². The molecule has 2 aromatic carbocycles. The van der Waals surface area contributed by atoms with Gasteiger partial charge in [0.1, 0.15) is 5.75 Å². The third-order valence-electron chi connectivity index (χ3n) is 4.82. The molecule has 5 nitrogen and oxygen atoms in total. The zero-order valence-corrected chi connectivity index (χ0v) is 18.4. The van der Waals surface area contributed by atoms with Gasteiger partial charge in [-0.3, -0.25) is 0 Å². The standard InChI is InChI=1S/C24H27NO4S/c1-27-15-20(24(26)29-3)14-18-6-4-5-7-19(18)16-30-23(17-8-9-17)25-21-10-12-22(28-2)13-11-21/h4-7,10-13,15,17H,8-9,14,16H2,1-3H3. The molecule has 1 aliphatic rings. The van der Waals surface area contributed by atoms with Gasteiger partial charge in [0.25, 0.3) is 0 Å². The molecule has 0 aliphatic heterocycles. The molecule has 30 heavy (non-hydrogen) atoms. The van der Waals surface area contributed by atoms with Crippen LogP contribution >= 0.6 is 11.8 Å². The van der Waals surface area contributed by atoms with Crippen molar-refractivity contribution in [2.24, 2.45) is 10.9 Å². The third-order valence-corrected chi connectivity index (χ3v) is 6.00. The molecule has 158 valence electrons. The number of carbonyl (C=O) groups excluding carboxylic acids is 1. The first-order valence-corrected chi connectivity index (χ1v) is 10.9. The van der Waals surface area contributed by atoms with Crippen molar-refractivity contribution in [3.8, 4) is 5.75 Å². The molecule has 1 aliphatic carbocycles. The van der Waals surface area contributed by atoms with Gasteiger partial charge in [-0.05, 0) is 48.2 Å². The fourth-order valence-corrected chi connectivity index (χ4v) is 4.25. The van der Waals surface area contributed by atoms with E-state index in [1.54, 1.807) is 18.9 Å². The number of benzene rings is 2. The lowest BCUT2D eigenvalue weighted by molar-refractivity contribution is -0.136. The molecular weight excluding hydrogens is 398 g/mol. The summed E-state index contributed by atoms with van der Waals surface area (Å²) < 4.78 is 15.2. The van der Waals surface area contributed by atoms with E-state index in [2.05, 4.69) is 6.07 Å². The van der Waals surface area contributed by atoms with Crippen LogP contribution in [0.25, 0.3) is 0 Å². The predicted octanol–water partition coefficient (Wildman–Crippen LogP) is 5.31. The highest BCUT2D eigenvalue weighted by atomic mass is 32.2. The van der Waals surface area contributed by atoms with Crippen molar-refractivity contribution >= 4 is 28.5 Å². The quantitative estimate of drug-likeness (QED) is 0.179. The molecule has 3 rings (SSSR count). The van der Waals surface area contributed by atoms with Gasteiger partial charge in [-0.25, -0.2) is 9.79 Å². The molecule has 0 unspecified atom stereocenters. The van der Waals surface area contributed by atoms with Gasteiger partial charge in [-0.1, -0.05) is 24.3 Å². The first-order chi connectivity index (χ1) is 14.6. The summed E-state index contributed by atoms with van der Waals surface area (Å²) in [7, 11) is 4.57. The maximum Gasteiger partial charge on any atom is 0.337 e. The van der Waals surface area contributed by atoms with Crippen LogP contribution in [0.2, 0.25) is 0 Å². The molecular formula is C24H27NO4S. The molecule has 0 N–H and O–H groups in total. The van der Waals surface area contributed by atoms with Gasteiger partial charge in [-0.15, -0.1) is 11.8 Å². The lowest BCUT2D eigenvalue weighted by Crippen LogP contribution is -2.09. The Morgan fingerprint density at radius 1 is 1.07 bits per heavy atom. The number of methoxy groups -OCH3 is 3. The summed E-state index contributed by atoms with van der Waals surface area (Å²) in [4.78, 5) is 16.9. The lowest BCUT2D eigenvalue weighted by atomic mass is 10.0. The summed E-state index contributed by atoms with van der Waals surface area (Å²) in [6, 6.07) is 16.0. The van der Waals surface area contributed by atoms with Crippen LogP contribution in [0, 0.1) is 5.92 Å². The Bertz CT molecular complexity index is 917. The zero-order valence-electron chi connectivity index (χ0n) is 17.6. The first-order valence-electron chi connectivity index (χ1n) is 9.87. The van der Waals surface area contributed by atoms with E-state index in [1.807, 2.05) is 42.5 Å². The van der Waals surface area contributed by atoms with Crippen LogP contribution in [0.15, 0.2) is 65.4 Å². The molecule has 0 atom stereocenters. The van der Waals surface area contributed by atoms with Crippen molar-refractivity contribution in [1.82, 2.24) is 0 Å². The van der Waals surface area contributed by atoms with Crippen LogP contribution in [-0.4, -0.2) is 32.3 Å². The van der Waals surface area contributed by atoms with Crippen LogP contribution in [0.1, 0.15) is 24.0 Å². The Hall–Kier alpha value is -2.73. The fraction of sp³-hybridized carbons (Fsp3) is 0.333. The number of carbonyl (C=O) groups is 1. The minimum Gasteiger partial charge on any atom is -0.504 e. The van der Waals surface area contributed by atoms with Crippen LogP contribution in [0.4, 0.5) is 5.69 Å². The smallest absolute Gasteiger partial charge is 0.337 e. The highest BCUT2D eigenvalue weighted by Gasteiger charge is 2.28. The molecule has 1 saturated carbocycles. The van der Waals surface area contributed by atoms with E-state index >= 15 is 0 Å². The second-order valence-corrected chi connectivity index (χ2v) is 8.02. The highest BCUT2D eigenvalue weighted by molar-refractivity contribution is 8.13. The van der Waals surface area contributed by atoms with Gasteiger partial charge in [0, 0.05) is 18.1 Å². The Morgan fingerprint density at radius 3 is 2.37 bits per heavy atom. The van der Waals surface area contributed by atoms with E-state index in [0.29, 0.717) is 17.9 Å². The van der Waals surface area contributed by atoms with Gasteiger partial charge in [0.2, 0.25) is 0 Å². The molecule has 6 heteroatoms. The molecule has 0 spiro atoms. The van der Waals surface area contributed by atoms with Gasteiger partial charge >= 0.3 is 5.97 Å². The van der Waals surface area contributed by atoms with E-state index in [1.165, 1.54) is 38.9 Å². The average Bonchev–Trinajstić information content (AvgIpc) is 3.62. The SMILES string of the molecule is COC=C(Cc1ccccc1CSC(=Nc1ccc(OC)cc1)C1CC1)C(=O)OC. The topological polar surface area (TPSA) is 57.1 Å². The number of rotatable bonds is 9. The molecule has 0 bridgehead atoms. The lowest BCUT2D eigenvalue weighted by Gasteiger charge is -2.12. The van der Waals surface area contributed by atoms with Crippen LogP contribution < -0.4 is 4.74 Å². The molecule has 0 radical (unpaired) electrons. The number of thioether (sulfide) groups is 1. The second-order valence-electron chi connectivity index (χ2n) is 7.03. The monoisotopic (exact) mass is 425 g/mol. The molecule has 2 aromatic rings. The van der Waals surface area contributed by atoms with Crippen LogP contribution in [0.5, 0.6) is 5.75 Å². The number of esters is 1. The van der Waals surface area contributed by atoms with Gasteiger partial charge < -0.3 is 14.2 Å². The fourth-order valence-electron chi connectivity index (χ4n) is 3.02. The molecule has 0 aromatic heterocycles. The Morgan fingerprint density at radius 2 is 1.77 bits per heavy atom. The van der Waals surface area contributed by atoms with Crippen molar-refractivity contribution in [2.45, 2.75) is 25.0 Å². The predicted molar refractivity (Wildman–Crippen MR) is 121 cm³/mol. The summed E-state index contributed by atoms with van der Waals surface area (Å²) in [6.45, 7) is 0. The summed E-state index contributed by atoms with van der Waals surface area (Å²) >= 11 is 1.77. The van der Waals surface area contributed by atoms with Crippen LogP contribution in [0.3, 0.4) is 0 Å². The largest absolute Gasteiger partial charge is 0.504 e. The average molecular weight is 426 g/mol. The van der Waals surface area contributed by atoms with E-state index in [9.17, 15) is 4.79 Å². The highest BCUT2D eigenvalue weighted by Crippen LogP contribution is 2.38. The van der Waals surface area contributed by atoms with E-state index < -0.39 is 0 Å². The van der Waals surface area contributed by atoms with Crippen molar-refractivity contribution in [3.05, 3.63) is 71.5 Å². The molecule has 0 heterocycles. The first kappa shape index (κ1) is 22.0. The summed E-state index contributed by atoms with van der Waals surface area (Å²) in [5.41, 5.74) is 3.69. The van der Waals surface area contributed by atoms with Gasteiger partial charge in [-0.2, -0.15) is 0 Å². The molecule has 0 amide bonds. The summed E-state index contributed by atoms with van der Waals surface area (Å²) in [5.74, 6) is 1.79. The molecule has 0 saturated heterocycles. The van der Waals surface area contributed by atoms with Crippen molar-refractivity contribution in [1.29, 1.82) is 0 Å². The maximum absolute atomic E-state index is 12.0. The number of hydrogen-bond acceptors (Lipinski definition) is 6. The summed E-state index contributed by atoms with van der Waals surface area (Å²) in [5, 5.41) is 1.16. The Kier molecular flexibility index (Phi) is 7.97. The molecule has 1 fully saturated rings. The number of hydrogen-bond donors (Lipinski definition) is 0. The maximum atomic E-state index is 12.0. The number of ether oxygens (including phenoxy) is 3. The number of aliphatic imine (C=N–C) groups is 1. The third kappa shape index (κ3) is 6.13. The zero-order chi connectivity index (χ0) is 21.3. The van der Waals surface area contributed by atoms with E-state index in [0.717, 1.165) is 27.8 Å². The Balaban J connectivity index is 1.74. The van der Waals surface area contributed by atoms with Gasteiger partial charge in [0.05, 0.1) is 43.9 Å². The second kappa shape index (κ2) is 10.9. The van der Waals surface area contributed by atoms with Gasteiger partial charge in [0.15, 0.2) is 0 Å². The summed E-state index contributed by atoms with van der Waals surface area (Å²) in [6.07, 6.45) is 4.29. The van der Waals surface area contributed by atoms with Crippen molar-refractivity contribution < 1.29 is 19.0 Å². The van der Waals surface area contributed by atoms with E-state index in [-0.39, 0.29) is 5.97 Å². The van der Waals surface area contributed by atoms with Crippen molar-refractivity contribution in [2.75, 3.05) is 21.3 Å².